The lowest BCUT2D eigenvalue weighted by Gasteiger charge is -2.42. The summed E-state index contributed by atoms with van der Waals surface area (Å²) in [5.41, 5.74) is 11.1. The van der Waals surface area contributed by atoms with Gasteiger partial charge in [-0.1, -0.05) is 245 Å². The van der Waals surface area contributed by atoms with Gasteiger partial charge in [-0.05, 0) is 144 Å². The molecule has 0 aliphatic carbocycles. The molecule has 5 heterocycles. The standard InChI is InChI=1S/C53H56N2O2S.C20H25N.C13H8O3S/c1-5-9-19-37(7-3)35-54-47-25-15-11-21-41(47)43-33-39(29-31-49(43)54)53(45-23-13-17-27-51(45)58(56,57)52-28-18-14-24-46(52)53)40-30-32-50-44(34-40)42-22-12-16-26-48(42)55(50)36-38(8-4)20-10-6-2;1-3-5-10-16(4-2)15-21-19-13-8-6-11-17(19)18-12-7-9-14-20(18)21;14-13-9-5-1-3-7-11(9)17(15,16)12-8-4-2-6-10(12)13/h11-18,21-34,37-38H,5-10,19-20,35-36H2,1-4H3;6-9,11-14,16H,3-5,10,15H2,1-2H3;1-8H. The number of hydrogen-bond donors (Lipinski definition) is 0. The normalized spacial score (nSPS) is 15.1. The van der Waals surface area contributed by atoms with E-state index in [1.165, 1.54) is 142 Å². The third kappa shape index (κ3) is 11.7. The molecule has 10 heteroatoms. The Kier molecular flexibility index (Phi) is 19.3. The molecule has 3 aromatic heterocycles. The Hall–Kier alpha value is -8.83. The first kappa shape index (κ1) is 65.8. The first-order valence-electron chi connectivity index (χ1n) is 35.2. The van der Waals surface area contributed by atoms with Crippen molar-refractivity contribution in [2.45, 2.75) is 163 Å². The Morgan fingerprint density at radius 1 is 0.323 bits per heavy atom. The Morgan fingerprint density at radius 2 is 0.604 bits per heavy atom. The Balaban J connectivity index is 0.000000176. The summed E-state index contributed by atoms with van der Waals surface area (Å²) >= 11 is 0. The number of sulfone groups is 2. The van der Waals surface area contributed by atoms with Crippen LogP contribution in [0.3, 0.4) is 0 Å². The highest BCUT2D eigenvalue weighted by Crippen LogP contribution is 2.55. The highest BCUT2D eigenvalue weighted by molar-refractivity contribution is 7.92. The second-order valence-electron chi connectivity index (χ2n) is 26.7. The molecule has 2 aliphatic rings. The summed E-state index contributed by atoms with van der Waals surface area (Å²) < 4.78 is 61.5. The Bertz CT molecular complexity index is 4940. The zero-order valence-corrected chi connectivity index (χ0v) is 58.1. The number of para-hydroxylation sites is 4. The maximum absolute atomic E-state index is 14.6. The van der Waals surface area contributed by atoms with Crippen molar-refractivity contribution in [3.8, 4) is 0 Å². The maximum Gasteiger partial charge on any atom is 0.208 e. The fraction of sp³-hybridized carbons (Fsp3) is 0.291. The maximum atomic E-state index is 14.6. The van der Waals surface area contributed by atoms with Crippen molar-refractivity contribution in [2.24, 2.45) is 17.8 Å². The molecule has 0 bridgehead atoms. The van der Waals surface area contributed by atoms with E-state index in [1.54, 1.807) is 36.4 Å². The van der Waals surface area contributed by atoms with Crippen LogP contribution in [0.15, 0.2) is 250 Å². The first-order valence-corrected chi connectivity index (χ1v) is 38.2. The van der Waals surface area contributed by atoms with Gasteiger partial charge in [-0.3, -0.25) is 4.79 Å². The van der Waals surface area contributed by atoms with Crippen LogP contribution in [-0.2, 0) is 44.7 Å². The molecule has 0 fully saturated rings. The van der Waals surface area contributed by atoms with Gasteiger partial charge < -0.3 is 13.7 Å². The SMILES string of the molecule is CCCCC(CC)Cn1c2ccccc2c2cc(C3(c4ccc5c(c4)c4ccccc4n5CC(CC)CCCC)c4ccccc4S(=O)(=O)c4ccccc43)ccc21.CCCCC(CC)Cn1c2ccccc2c2ccccc21.O=C1c2ccccc2S(=O)(=O)c2ccccc21. The molecular weight excluding hydrogens is 1220 g/mol. The minimum atomic E-state index is -3.79. The molecule has 2 aliphatic heterocycles. The number of hydrogen-bond acceptors (Lipinski definition) is 5. The smallest absolute Gasteiger partial charge is 0.208 e. The molecule has 0 saturated heterocycles. The average molecular weight is 1310 g/mol. The van der Waals surface area contributed by atoms with Gasteiger partial charge in [0.05, 0.1) is 25.0 Å². The molecular formula is C86H89N3O5S2. The number of benzene rings is 10. The van der Waals surface area contributed by atoms with Crippen molar-refractivity contribution < 1.29 is 21.6 Å². The molecule has 13 aromatic rings. The average Bonchev–Trinajstić information content (AvgIpc) is 0.833. The topological polar surface area (TPSA) is 100 Å². The van der Waals surface area contributed by atoms with E-state index in [2.05, 4.69) is 201 Å². The molecule has 0 radical (unpaired) electrons. The molecule has 3 atom stereocenters. The van der Waals surface area contributed by atoms with Crippen LogP contribution in [-0.4, -0.2) is 36.3 Å². The number of fused-ring (bicyclic) bond motifs is 13. The monoisotopic (exact) mass is 1310 g/mol. The van der Waals surface area contributed by atoms with Crippen LogP contribution in [0.2, 0.25) is 0 Å². The number of carbonyl (C=O) groups excluding carboxylic acids is 1. The van der Waals surface area contributed by atoms with E-state index in [0.717, 1.165) is 60.6 Å². The van der Waals surface area contributed by atoms with Gasteiger partial charge in [-0.25, -0.2) is 16.8 Å². The van der Waals surface area contributed by atoms with Gasteiger partial charge in [0.2, 0.25) is 19.7 Å². The predicted molar refractivity (Wildman–Crippen MR) is 397 cm³/mol. The van der Waals surface area contributed by atoms with Gasteiger partial charge in [0.1, 0.15) is 0 Å². The summed E-state index contributed by atoms with van der Waals surface area (Å²) in [6.45, 7) is 16.9. The second kappa shape index (κ2) is 28.1. The fourth-order valence-corrected chi connectivity index (χ4v) is 19.2. The molecule has 0 saturated carbocycles. The van der Waals surface area contributed by atoms with Gasteiger partial charge >= 0.3 is 0 Å². The summed E-state index contributed by atoms with van der Waals surface area (Å²) in [6.07, 6.45) is 14.9. The molecule has 96 heavy (non-hydrogen) atoms. The van der Waals surface area contributed by atoms with Crippen LogP contribution >= 0.6 is 0 Å². The first-order chi connectivity index (χ1) is 46.8. The van der Waals surface area contributed by atoms with Crippen LogP contribution in [0.4, 0.5) is 0 Å². The number of ketones is 1. The lowest BCUT2D eigenvalue weighted by atomic mass is 9.64. The highest BCUT2D eigenvalue weighted by atomic mass is 32.2. The Labute approximate surface area is 567 Å². The summed E-state index contributed by atoms with van der Waals surface area (Å²) in [7, 11) is -7.35. The van der Waals surface area contributed by atoms with Gasteiger partial charge in [0.25, 0.3) is 0 Å². The van der Waals surface area contributed by atoms with Crippen molar-refractivity contribution in [3.63, 3.8) is 0 Å². The van der Waals surface area contributed by atoms with E-state index in [1.807, 2.05) is 36.4 Å². The van der Waals surface area contributed by atoms with Gasteiger partial charge in [0.15, 0.2) is 5.78 Å². The van der Waals surface area contributed by atoms with Crippen molar-refractivity contribution in [2.75, 3.05) is 0 Å². The number of nitrogens with zero attached hydrogens (tertiary/aromatic N) is 3. The van der Waals surface area contributed by atoms with Crippen molar-refractivity contribution >= 4 is 90.9 Å². The summed E-state index contributed by atoms with van der Waals surface area (Å²) in [4.78, 5) is 13.1. The Morgan fingerprint density at radius 3 is 0.948 bits per heavy atom. The molecule has 8 nitrogen and oxygen atoms in total. The number of carbonyl (C=O) groups is 1. The molecule has 0 N–H and O–H groups in total. The molecule has 0 spiro atoms. The van der Waals surface area contributed by atoms with Crippen LogP contribution in [0.1, 0.15) is 157 Å². The lowest BCUT2D eigenvalue weighted by Crippen LogP contribution is -2.37. The van der Waals surface area contributed by atoms with E-state index in [0.29, 0.717) is 21.6 Å². The quantitative estimate of drug-likeness (QED) is 0.0757. The van der Waals surface area contributed by atoms with Crippen LogP contribution in [0.25, 0.3) is 65.4 Å². The number of rotatable bonds is 20. The van der Waals surface area contributed by atoms with Crippen molar-refractivity contribution in [3.05, 3.63) is 264 Å². The van der Waals surface area contributed by atoms with Gasteiger partial charge in [-0.2, -0.15) is 0 Å². The molecule has 0 amide bonds. The zero-order valence-electron chi connectivity index (χ0n) is 56.5. The number of aromatic nitrogens is 3. The van der Waals surface area contributed by atoms with E-state index in [9.17, 15) is 21.6 Å². The molecule has 490 valence electrons. The van der Waals surface area contributed by atoms with Gasteiger partial charge in [0, 0.05) is 96.2 Å². The van der Waals surface area contributed by atoms with Crippen LogP contribution in [0.5, 0.6) is 0 Å². The largest absolute Gasteiger partial charge is 0.340 e. The van der Waals surface area contributed by atoms with E-state index in [4.69, 9.17) is 0 Å². The third-order valence-corrected chi connectivity index (χ3v) is 24.8. The molecule has 10 aromatic carbocycles. The summed E-state index contributed by atoms with van der Waals surface area (Å²) in [5, 5.41) is 7.65. The zero-order chi connectivity index (χ0) is 66.7. The second-order valence-corrected chi connectivity index (χ2v) is 30.5. The van der Waals surface area contributed by atoms with E-state index in [-0.39, 0.29) is 26.7 Å². The van der Waals surface area contributed by atoms with Crippen molar-refractivity contribution in [1.82, 2.24) is 13.7 Å². The molecule has 15 rings (SSSR count). The van der Waals surface area contributed by atoms with Crippen LogP contribution in [0, 0.1) is 17.8 Å². The van der Waals surface area contributed by atoms with E-state index < -0.39 is 25.1 Å². The minimum absolute atomic E-state index is 0.101. The van der Waals surface area contributed by atoms with Crippen molar-refractivity contribution in [1.29, 1.82) is 0 Å². The van der Waals surface area contributed by atoms with Gasteiger partial charge in [-0.15, -0.1) is 0 Å². The summed E-state index contributed by atoms with van der Waals surface area (Å²) in [5.74, 6) is 1.75. The lowest BCUT2D eigenvalue weighted by molar-refractivity contribution is 0.103. The highest BCUT2D eigenvalue weighted by Gasteiger charge is 2.49. The minimum Gasteiger partial charge on any atom is -0.340 e. The molecule has 3 unspecified atom stereocenters. The van der Waals surface area contributed by atoms with E-state index >= 15 is 0 Å². The predicted octanol–water partition coefficient (Wildman–Crippen LogP) is 21.9. The summed E-state index contributed by atoms with van der Waals surface area (Å²) in [6, 6.07) is 77.4. The van der Waals surface area contributed by atoms with Crippen LogP contribution < -0.4 is 0 Å². The fourth-order valence-electron chi connectivity index (χ4n) is 15.8. The third-order valence-electron chi connectivity index (χ3n) is 21.0. The number of unbranched alkanes of at least 4 members (excludes halogenated alkanes) is 3.